The molecule has 3 N–H and O–H groups in total. The third-order valence-corrected chi connectivity index (χ3v) is 13.2. The van der Waals surface area contributed by atoms with E-state index in [4.69, 9.17) is 23.7 Å². The fraction of sp³-hybridized carbons (Fsp3) is 0.345. The maximum absolute atomic E-state index is 14.3. The summed E-state index contributed by atoms with van der Waals surface area (Å²) in [4.78, 5) is 28.5. The number of ether oxygens (including phenoxy) is 5. The third-order valence-electron chi connectivity index (χ3n) is 13.2. The number of rotatable bonds is 25. The highest BCUT2D eigenvalue weighted by Crippen LogP contribution is 2.58. The van der Waals surface area contributed by atoms with Crippen molar-refractivity contribution in [1.29, 1.82) is 0 Å². The monoisotopic (exact) mass is 915 g/mol. The molecule has 2 saturated carbocycles. The van der Waals surface area contributed by atoms with Crippen molar-refractivity contribution in [3.63, 3.8) is 0 Å². The second kappa shape index (κ2) is 22.6. The van der Waals surface area contributed by atoms with Crippen LogP contribution in [0.5, 0.6) is 23.0 Å². The Morgan fingerprint density at radius 1 is 0.544 bits per heavy atom. The molecule has 352 valence electrons. The van der Waals surface area contributed by atoms with Gasteiger partial charge in [0.2, 0.25) is 5.91 Å². The van der Waals surface area contributed by atoms with Crippen molar-refractivity contribution in [3.8, 4) is 23.0 Å². The van der Waals surface area contributed by atoms with Crippen molar-refractivity contribution in [1.82, 2.24) is 5.32 Å². The summed E-state index contributed by atoms with van der Waals surface area (Å²) in [5.41, 5.74) is 6.42. The Balaban J connectivity index is 0.756. The summed E-state index contributed by atoms with van der Waals surface area (Å²) in [6.07, 6.45) is 2.82. The van der Waals surface area contributed by atoms with E-state index in [-0.39, 0.29) is 62.2 Å². The van der Waals surface area contributed by atoms with E-state index in [2.05, 4.69) is 29.6 Å². The van der Waals surface area contributed by atoms with E-state index in [1.807, 2.05) is 133 Å². The first-order valence-electron chi connectivity index (χ1n) is 24.1. The highest BCUT2D eigenvalue weighted by atomic mass is 16.6. The van der Waals surface area contributed by atoms with E-state index < -0.39 is 24.0 Å². The fourth-order valence-corrected chi connectivity index (χ4v) is 9.13. The van der Waals surface area contributed by atoms with Crippen molar-refractivity contribution in [2.75, 3.05) is 39.6 Å². The number of hydrogen-bond acceptors (Lipinski definition) is 9. The number of carbonyl (C=O) groups excluding carboxylic acids is 2. The summed E-state index contributed by atoms with van der Waals surface area (Å²) < 4.78 is 28.7. The minimum absolute atomic E-state index is 0.00181. The smallest absolute Gasteiger partial charge is 0.224 e. The van der Waals surface area contributed by atoms with Crippen LogP contribution < -0.4 is 24.3 Å². The lowest BCUT2D eigenvalue weighted by Crippen LogP contribution is -2.54. The van der Waals surface area contributed by atoms with Crippen molar-refractivity contribution in [2.45, 2.75) is 68.7 Å². The molecule has 0 spiro atoms. The quantitative estimate of drug-likeness (QED) is 0.0482. The Labute approximate surface area is 399 Å². The molecular formula is C58H61NO9. The number of epoxide rings is 1. The zero-order chi connectivity index (χ0) is 46.7. The lowest BCUT2D eigenvalue weighted by atomic mass is 9.50. The van der Waals surface area contributed by atoms with Crippen LogP contribution in [0.15, 0.2) is 158 Å². The largest absolute Gasteiger partial charge is 0.493 e. The first-order valence-corrected chi connectivity index (χ1v) is 24.1. The SMILES string of the molecule is O=C(CCC(O)COc1ccc(Cc2ccc(OCC3CO3)cc2)cc1)C1C(c2ccccc2)C(C(=O)NCC(O)COc2ccc(Cc3ccc(OCC4CC4)cc3)cc2)C1c1ccccc1. The van der Waals surface area contributed by atoms with Gasteiger partial charge in [-0.05, 0) is 120 Å². The Kier molecular flexibility index (Phi) is 15.5. The molecule has 1 saturated heterocycles. The summed E-state index contributed by atoms with van der Waals surface area (Å²) in [7, 11) is 0. The zero-order valence-corrected chi connectivity index (χ0v) is 38.4. The lowest BCUT2D eigenvalue weighted by Gasteiger charge is -2.51. The molecule has 6 aromatic rings. The van der Waals surface area contributed by atoms with Gasteiger partial charge in [-0.2, -0.15) is 0 Å². The molecule has 9 rings (SSSR count). The van der Waals surface area contributed by atoms with E-state index in [0.29, 0.717) is 24.0 Å². The molecule has 0 radical (unpaired) electrons. The van der Waals surface area contributed by atoms with Gasteiger partial charge in [-0.25, -0.2) is 0 Å². The average molecular weight is 916 g/mol. The van der Waals surface area contributed by atoms with Crippen molar-refractivity contribution in [3.05, 3.63) is 191 Å². The predicted molar refractivity (Wildman–Crippen MR) is 260 cm³/mol. The van der Waals surface area contributed by atoms with Crippen LogP contribution in [0, 0.1) is 17.8 Å². The molecule has 5 unspecified atom stereocenters. The molecule has 5 atom stereocenters. The lowest BCUT2D eigenvalue weighted by molar-refractivity contribution is -0.140. The normalized spacial score (nSPS) is 20.3. The van der Waals surface area contributed by atoms with Gasteiger partial charge in [-0.15, -0.1) is 0 Å². The second-order valence-corrected chi connectivity index (χ2v) is 18.6. The van der Waals surface area contributed by atoms with Gasteiger partial charge in [-0.3, -0.25) is 9.59 Å². The van der Waals surface area contributed by atoms with Crippen LogP contribution in [0.25, 0.3) is 0 Å². The molecule has 0 aromatic heterocycles. The third kappa shape index (κ3) is 12.9. The van der Waals surface area contributed by atoms with Gasteiger partial charge in [0.1, 0.15) is 60.8 Å². The van der Waals surface area contributed by atoms with E-state index in [0.717, 1.165) is 65.4 Å². The van der Waals surface area contributed by atoms with Gasteiger partial charge in [0, 0.05) is 30.7 Å². The van der Waals surface area contributed by atoms with Gasteiger partial charge < -0.3 is 39.2 Å². The molecule has 2 aliphatic carbocycles. The number of aliphatic hydroxyl groups is 2. The minimum atomic E-state index is -0.958. The predicted octanol–water partition coefficient (Wildman–Crippen LogP) is 8.89. The molecule has 3 aliphatic rings. The van der Waals surface area contributed by atoms with Gasteiger partial charge in [0.25, 0.3) is 0 Å². The van der Waals surface area contributed by atoms with Crippen molar-refractivity contribution in [2.24, 2.45) is 17.8 Å². The van der Waals surface area contributed by atoms with Gasteiger partial charge in [0.05, 0.1) is 25.2 Å². The number of Topliss-reactive ketones (excluding diaryl/α,β-unsaturated/α-hetero) is 1. The van der Waals surface area contributed by atoms with Crippen LogP contribution in [-0.4, -0.2) is 79.8 Å². The first kappa shape index (κ1) is 46.6. The van der Waals surface area contributed by atoms with E-state index in [1.165, 1.54) is 18.4 Å². The highest BCUT2D eigenvalue weighted by Gasteiger charge is 2.57. The van der Waals surface area contributed by atoms with Gasteiger partial charge in [-0.1, -0.05) is 109 Å². The van der Waals surface area contributed by atoms with Crippen molar-refractivity contribution < 1.29 is 43.5 Å². The van der Waals surface area contributed by atoms with Crippen LogP contribution in [0.2, 0.25) is 0 Å². The maximum Gasteiger partial charge on any atom is 0.224 e. The van der Waals surface area contributed by atoms with Crippen LogP contribution in [0.3, 0.4) is 0 Å². The Morgan fingerprint density at radius 3 is 1.41 bits per heavy atom. The minimum Gasteiger partial charge on any atom is -0.493 e. The number of carbonyl (C=O) groups is 2. The number of hydrogen-bond donors (Lipinski definition) is 3. The molecule has 68 heavy (non-hydrogen) atoms. The number of amides is 1. The molecule has 10 heteroatoms. The summed E-state index contributed by atoms with van der Waals surface area (Å²) in [6, 6.07) is 51.4. The Morgan fingerprint density at radius 2 is 0.971 bits per heavy atom. The second-order valence-electron chi connectivity index (χ2n) is 18.6. The molecule has 1 amide bonds. The van der Waals surface area contributed by atoms with Crippen LogP contribution >= 0.6 is 0 Å². The van der Waals surface area contributed by atoms with Crippen molar-refractivity contribution >= 4 is 11.7 Å². The highest BCUT2D eigenvalue weighted by molar-refractivity contribution is 5.91. The molecule has 1 aliphatic heterocycles. The fourth-order valence-electron chi connectivity index (χ4n) is 9.13. The topological polar surface area (TPSA) is 136 Å². The number of aliphatic hydroxyl groups excluding tert-OH is 2. The zero-order valence-electron chi connectivity index (χ0n) is 38.4. The van der Waals surface area contributed by atoms with Gasteiger partial charge in [0.15, 0.2) is 0 Å². The molecule has 10 nitrogen and oxygen atoms in total. The first-order chi connectivity index (χ1) is 33.3. The van der Waals surface area contributed by atoms with Crippen LogP contribution in [0.1, 0.15) is 70.9 Å². The molecular weight excluding hydrogens is 855 g/mol. The maximum atomic E-state index is 14.3. The number of nitrogens with one attached hydrogen (secondary N) is 1. The average Bonchev–Trinajstić information content (AvgIpc) is 4.32. The Hall–Kier alpha value is -6.46. The van der Waals surface area contributed by atoms with E-state index >= 15 is 0 Å². The summed E-state index contributed by atoms with van der Waals surface area (Å²) in [5, 5.41) is 25.0. The number of ketones is 1. The summed E-state index contributed by atoms with van der Waals surface area (Å²) in [5.74, 6) is 1.65. The summed E-state index contributed by atoms with van der Waals surface area (Å²) in [6.45, 7) is 2.18. The Bertz CT molecular complexity index is 2320. The van der Waals surface area contributed by atoms with Crippen LogP contribution in [-0.2, 0) is 27.2 Å². The van der Waals surface area contributed by atoms with Crippen LogP contribution in [0.4, 0.5) is 0 Å². The standard InChI is InChI=1S/C58H61NO9/c60-46(35-65-49-24-15-40(16-25-49)32-42-19-28-51(29-20-42)67-37-52-38-68-52)21-30-53(62)56-54(44-7-3-1-4-8-44)57(55(56)45-9-5-2-6-10-45)58(63)59-33-47(61)36-66-50-26-17-41(18-27-50)31-39-13-22-48(23-14-39)64-34-43-11-12-43/h1-10,13-20,22-29,43,46-47,52,54-57,60-61H,11-12,21,30-38H2,(H,59,63). The number of benzene rings is 6. The molecule has 0 bridgehead atoms. The molecule has 3 fully saturated rings. The van der Waals surface area contributed by atoms with Gasteiger partial charge >= 0.3 is 0 Å². The molecule has 1 heterocycles. The molecule has 6 aromatic carbocycles. The van der Waals surface area contributed by atoms with E-state index in [9.17, 15) is 19.8 Å². The summed E-state index contributed by atoms with van der Waals surface area (Å²) >= 11 is 0. The van der Waals surface area contributed by atoms with E-state index in [1.54, 1.807) is 0 Å².